The quantitative estimate of drug-likeness (QED) is 0.704. The smallest absolute Gasteiger partial charge is 0.291 e. The third-order valence-electron chi connectivity index (χ3n) is 4.25. The largest absolute Gasteiger partial charge is 0.368 e. The minimum atomic E-state index is -1.21. The minimum Gasteiger partial charge on any atom is -0.368 e. The molecule has 0 bridgehead atoms. The average Bonchev–Trinajstić information content (AvgIpc) is 2.99. The molecule has 152 valence electrons. The molecule has 0 spiro atoms. The van der Waals surface area contributed by atoms with Gasteiger partial charge in [0.1, 0.15) is 17.1 Å². The number of hydrogen-bond donors (Lipinski definition) is 2. The SMILES string of the molecule is CC(C)CC(C)(NC(=O)c1nc(C(C)C)n(-c2c(Cl)cccc2Cl)n1)C(N)=O. The fourth-order valence-electron chi connectivity index (χ4n) is 2.99. The molecule has 9 heteroatoms. The first-order valence-corrected chi connectivity index (χ1v) is 9.75. The van der Waals surface area contributed by atoms with Crippen molar-refractivity contribution in [1.82, 2.24) is 20.1 Å². The number of nitrogens with two attached hydrogens (primary N) is 1. The van der Waals surface area contributed by atoms with Gasteiger partial charge in [-0.2, -0.15) is 0 Å². The van der Waals surface area contributed by atoms with Gasteiger partial charge in [-0.15, -0.1) is 5.10 Å². The van der Waals surface area contributed by atoms with E-state index in [4.69, 9.17) is 28.9 Å². The molecule has 0 aliphatic heterocycles. The highest BCUT2D eigenvalue weighted by Crippen LogP contribution is 2.30. The summed E-state index contributed by atoms with van der Waals surface area (Å²) in [6.07, 6.45) is 0.391. The number of carbonyl (C=O) groups is 2. The van der Waals surface area contributed by atoms with Gasteiger partial charge in [0, 0.05) is 5.92 Å². The van der Waals surface area contributed by atoms with Gasteiger partial charge in [-0.25, -0.2) is 9.67 Å². The molecule has 1 heterocycles. The number of primary amides is 1. The number of nitrogens with zero attached hydrogens (tertiary/aromatic N) is 3. The predicted octanol–water partition coefficient (Wildman–Crippen LogP) is 3.72. The Bertz CT molecular complexity index is 874. The Morgan fingerprint density at radius 2 is 1.79 bits per heavy atom. The predicted molar refractivity (Wildman–Crippen MR) is 110 cm³/mol. The van der Waals surface area contributed by atoms with Crippen LogP contribution < -0.4 is 11.1 Å². The lowest BCUT2D eigenvalue weighted by Crippen LogP contribution is -2.56. The van der Waals surface area contributed by atoms with E-state index < -0.39 is 17.4 Å². The van der Waals surface area contributed by atoms with Gasteiger partial charge in [-0.05, 0) is 31.4 Å². The Hall–Kier alpha value is -2.12. The first kappa shape index (κ1) is 22.2. The number of aromatic nitrogens is 3. The van der Waals surface area contributed by atoms with Crippen molar-refractivity contribution in [3.8, 4) is 5.69 Å². The third kappa shape index (κ3) is 4.64. The van der Waals surface area contributed by atoms with Gasteiger partial charge in [-0.3, -0.25) is 9.59 Å². The Morgan fingerprint density at radius 3 is 2.25 bits per heavy atom. The van der Waals surface area contributed by atoms with Crippen LogP contribution in [0, 0.1) is 5.92 Å². The van der Waals surface area contributed by atoms with E-state index in [1.165, 1.54) is 4.68 Å². The van der Waals surface area contributed by atoms with E-state index in [-0.39, 0.29) is 17.7 Å². The van der Waals surface area contributed by atoms with Crippen molar-refractivity contribution in [2.24, 2.45) is 11.7 Å². The molecule has 0 aliphatic carbocycles. The number of amides is 2. The standard InChI is InChI=1S/C19H25Cl2N5O2/c1-10(2)9-19(5,18(22)28)24-17(27)15-23-16(11(3)4)26(25-15)14-12(20)7-6-8-13(14)21/h6-8,10-11H,9H2,1-5H3,(H2,22,28)(H,24,27). The molecule has 0 saturated carbocycles. The summed E-state index contributed by atoms with van der Waals surface area (Å²) >= 11 is 12.6. The van der Waals surface area contributed by atoms with Gasteiger partial charge in [0.05, 0.1) is 10.0 Å². The lowest BCUT2D eigenvalue weighted by Gasteiger charge is -2.28. The van der Waals surface area contributed by atoms with Crippen molar-refractivity contribution in [3.63, 3.8) is 0 Å². The maximum atomic E-state index is 12.8. The van der Waals surface area contributed by atoms with E-state index in [0.717, 1.165) is 0 Å². The summed E-state index contributed by atoms with van der Waals surface area (Å²) in [5.41, 5.74) is 4.76. The number of rotatable bonds is 7. The van der Waals surface area contributed by atoms with E-state index in [1.54, 1.807) is 25.1 Å². The molecule has 0 radical (unpaired) electrons. The molecule has 2 amide bonds. The van der Waals surface area contributed by atoms with Crippen molar-refractivity contribution in [2.75, 3.05) is 0 Å². The van der Waals surface area contributed by atoms with Gasteiger partial charge in [0.2, 0.25) is 11.7 Å². The first-order chi connectivity index (χ1) is 13.0. The fourth-order valence-corrected chi connectivity index (χ4v) is 3.54. The molecule has 1 atom stereocenters. The Morgan fingerprint density at radius 1 is 1.21 bits per heavy atom. The number of halogens is 2. The van der Waals surface area contributed by atoms with Gasteiger partial charge < -0.3 is 11.1 Å². The second-order valence-corrected chi connectivity index (χ2v) is 8.49. The summed E-state index contributed by atoms with van der Waals surface area (Å²) in [5, 5.41) is 7.77. The summed E-state index contributed by atoms with van der Waals surface area (Å²) in [5.74, 6) is -0.685. The van der Waals surface area contributed by atoms with Gasteiger partial charge in [-0.1, -0.05) is 57.0 Å². The first-order valence-electron chi connectivity index (χ1n) is 9.00. The van der Waals surface area contributed by atoms with E-state index in [1.807, 2.05) is 27.7 Å². The van der Waals surface area contributed by atoms with E-state index in [2.05, 4.69) is 15.4 Å². The topological polar surface area (TPSA) is 103 Å². The van der Waals surface area contributed by atoms with Crippen molar-refractivity contribution in [2.45, 2.75) is 52.5 Å². The van der Waals surface area contributed by atoms with E-state index in [9.17, 15) is 9.59 Å². The molecular weight excluding hydrogens is 401 g/mol. The van der Waals surface area contributed by atoms with Crippen LogP contribution in [0.5, 0.6) is 0 Å². The molecule has 2 rings (SSSR count). The highest BCUT2D eigenvalue weighted by molar-refractivity contribution is 6.37. The zero-order valence-corrected chi connectivity index (χ0v) is 18.1. The number of benzene rings is 1. The molecule has 0 aliphatic rings. The number of nitrogens with one attached hydrogen (secondary N) is 1. The maximum absolute atomic E-state index is 12.8. The van der Waals surface area contributed by atoms with Crippen LogP contribution in [0.15, 0.2) is 18.2 Å². The second-order valence-electron chi connectivity index (χ2n) is 7.68. The molecule has 1 aromatic carbocycles. The van der Waals surface area contributed by atoms with Crippen LogP contribution in [0.2, 0.25) is 10.0 Å². The summed E-state index contributed by atoms with van der Waals surface area (Å²) in [4.78, 5) is 29.1. The van der Waals surface area contributed by atoms with Crippen molar-refractivity contribution >= 4 is 35.0 Å². The van der Waals surface area contributed by atoms with Gasteiger partial charge >= 0.3 is 0 Å². The molecule has 0 saturated heterocycles. The number of carbonyl (C=O) groups excluding carboxylic acids is 2. The second kappa shape index (κ2) is 8.49. The van der Waals surface area contributed by atoms with Crippen LogP contribution in [0.25, 0.3) is 5.69 Å². The monoisotopic (exact) mass is 425 g/mol. The summed E-state index contributed by atoms with van der Waals surface area (Å²) in [7, 11) is 0. The molecule has 1 aromatic heterocycles. The van der Waals surface area contributed by atoms with Crippen LogP contribution >= 0.6 is 23.2 Å². The molecule has 2 aromatic rings. The molecule has 3 N–H and O–H groups in total. The number of hydrogen-bond acceptors (Lipinski definition) is 4. The van der Waals surface area contributed by atoms with Crippen molar-refractivity contribution in [1.29, 1.82) is 0 Å². The average molecular weight is 426 g/mol. The fraction of sp³-hybridized carbons (Fsp3) is 0.474. The summed E-state index contributed by atoms with van der Waals surface area (Å²) < 4.78 is 1.47. The Balaban J connectivity index is 2.48. The normalized spacial score (nSPS) is 13.6. The zero-order valence-electron chi connectivity index (χ0n) is 16.6. The van der Waals surface area contributed by atoms with Crippen LogP contribution in [0.4, 0.5) is 0 Å². The molecular formula is C19H25Cl2N5O2. The van der Waals surface area contributed by atoms with Crippen molar-refractivity contribution in [3.05, 3.63) is 39.9 Å². The maximum Gasteiger partial charge on any atom is 0.291 e. The highest BCUT2D eigenvalue weighted by Gasteiger charge is 2.35. The van der Waals surface area contributed by atoms with Crippen molar-refractivity contribution < 1.29 is 9.59 Å². The van der Waals surface area contributed by atoms with E-state index in [0.29, 0.717) is 28.0 Å². The van der Waals surface area contributed by atoms with Crippen LogP contribution in [-0.2, 0) is 4.79 Å². The molecule has 28 heavy (non-hydrogen) atoms. The van der Waals surface area contributed by atoms with Gasteiger partial charge in [0.15, 0.2) is 0 Å². The van der Waals surface area contributed by atoms with Gasteiger partial charge in [0.25, 0.3) is 5.91 Å². The van der Waals surface area contributed by atoms with Crippen LogP contribution in [0.1, 0.15) is 63.4 Å². The molecule has 0 fully saturated rings. The number of para-hydroxylation sites is 1. The highest BCUT2D eigenvalue weighted by atomic mass is 35.5. The van der Waals surface area contributed by atoms with E-state index >= 15 is 0 Å². The Labute approximate surface area is 174 Å². The lowest BCUT2D eigenvalue weighted by molar-refractivity contribution is -0.124. The summed E-state index contributed by atoms with van der Waals surface area (Å²) in [6, 6.07) is 5.08. The zero-order chi connectivity index (χ0) is 21.2. The Kier molecular flexibility index (Phi) is 6.72. The third-order valence-corrected chi connectivity index (χ3v) is 4.86. The van der Waals surface area contributed by atoms with Crippen LogP contribution in [0.3, 0.4) is 0 Å². The molecule has 1 unspecified atom stereocenters. The minimum absolute atomic E-state index is 0.0559. The molecule has 7 nitrogen and oxygen atoms in total. The van der Waals surface area contributed by atoms with Crippen LogP contribution in [-0.4, -0.2) is 32.1 Å². The lowest BCUT2D eigenvalue weighted by atomic mass is 9.90. The summed E-state index contributed by atoms with van der Waals surface area (Å²) in [6.45, 7) is 9.31.